The van der Waals surface area contributed by atoms with E-state index in [1.807, 2.05) is 24.3 Å². The highest BCUT2D eigenvalue weighted by Crippen LogP contribution is 2.16. The summed E-state index contributed by atoms with van der Waals surface area (Å²) < 4.78 is 5.62. The zero-order chi connectivity index (χ0) is 12.4. The molecule has 1 aromatic rings. The van der Waals surface area contributed by atoms with Gasteiger partial charge in [0.25, 0.3) is 0 Å². The highest BCUT2D eigenvalue weighted by molar-refractivity contribution is 9.10. The average Bonchev–Trinajstić information content (AvgIpc) is 2.63. The molecule has 17 heavy (non-hydrogen) atoms. The summed E-state index contributed by atoms with van der Waals surface area (Å²) in [6.45, 7) is 0. The summed E-state index contributed by atoms with van der Waals surface area (Å²) in [5, 5.41) is 11.4. The van der Waals surface area contributed by atoms with Gasteiger partial charge in [-0.15, -0.1) is 0 Å². The van der Waals surface area contributed by atoms with Crippen molar-refractivity contribution in [1.29, 1.82) is 0 Å². The Bertz CT molecular complexity index is 445. The quantitative estimate of drug-likeness (QED) is 0.888. The van der Waals surface area contributed by atoms with Crippen LogP contribution in [0.4, 0.5) is 4.79 Å². The zero-order valence-corrected chi connectivity index (χ0v) is 10.3. The minimum absolute atomic E-state index is 0.427. The maximum atomic E-state index is 11.0. The van der Waals surface area contributed by atoms with Crippen molar-refractivity contribution in [3.05, 3.63) is 34.3 Å². The fourth-order valence-corrected chi connectivity index (χ4v) is 1.98. The van der Waals surface area contributed by atoms with E-state index >= 15 is 0 Å². The van der Waals surface area contributed by atoms with E-state index in [4.69, 9.17) is 5.11 Å². The van der Waals surface area contributed by atoms with Crippen molar-refractivity contribution in [2.75, 3.05) is 0 Å². The second-order valence-electron chi connectivity index (χ2n) is 3.75. The van der Waals surface area contributed by atoms with Crippen LogP contribution >= 0.6 is 15.9 Å². The number of cyclic esters (lactones) is 1. The van der Waals surface area contributed by atoms with Crippen LogP contribution < -0.4 is 5.32 Å². The largest absolute Gasteiger partial charge is 0.478 e. The van der Waals surface area contributed by atoms with Gasteiger partial charge >= 0.3 is 12.1 Å². The maximum absolute atomic E-state index is 11.0. The molecule has 0 unspecified atom stereocenters. The van der Waals surface area contributed by atoms with Crippen molar-refractivity contribution >= 4 is 28.0 Å². The van der Waals surface area contributed by atoms with E-state index in [1.54, 1.807) is 0 Å². The number of ether oxygens (including phenoxy) is 1. The number of hydrogen-bond donors (Lipinski definition) is 2. The highest BCUT2D eigenvalue weighted by Gasteiger charge is 2.39. The fourth-order valence-electron chi connectivity index (χ4n) is 1.71. The van der Waals surface area contributed by atoms with Crippen LogP contribution in [0.5, 0.6) is 0 Å². The molecule has 1 aromatic carbocycles. The number of carboxylic acids is 1. The fraction of sp³-hybridized carbons (Fsp3) is 0.273. The van der Waals surface area contributed by atoms with Crippen LogP contribution in [0, 0.1) is 0 Å². The molecule has 90 valence electrons. The predicted molar refractivity (Wildman–Crippen MR) is 62.7 cm³/mol. The Kier molecular flexibility index (Phi) is 3.33. The Balaban J connectivity index is 2.09. The number of amides is 1. The Morgan fingerprint density at radius 1 is 1.41 bits per heavy atom. The average molecular weight is 300 g/mol. The van der Waals surface area contributed by atoms with Crippen molar-refractivity contribution in [3.63, 3.8) is 0 Å². The van der Waals surface area contributed by atoms with E-state index in [0.29, 0.717) is 6.42 Å². The van der Waals surface area contributed by atoms with Gasteiger partial charge in [-0.1, -0.05) is 28.1 Å². The summed E-state index contributed by atoms with van der Waals surface area (Å²) in [5.74, 6) is -1.13. The van der Waals surface area contributed by atoms with Gasteiger partial charge in [0.1, 0.15) is 0 Å². The van der Waals surface area contributed by atoms with Crippen molar-refractivity contribution in [3.8, 4) is 0 Å². The molecule has 0 bridgehead atoms. The van der Waals surface area contributed by atoms with Crippen molar-refractivity contribution in [2.45, 2.75) is 18.6 Å². The van der Waals surface area contributed by atoms with E-state index in [-0.39, 0.29) is 0 Å². The van der Waals surface area contributed by atoms with E-state index in [2.05, 4.69) is 26.0 Å². The van der Waals surface area contributed by atoms with Gasteiger partial charge in [-0.2, -0.15) is 0 Å². The molecule has 6 heteroatoms. The number of carboxylic acid groups (broad SMARTS) is 1. The van der Waals surface area contributed by atoms with E-state index in [0.717, 1.165) is 10.0 Å². The molecule has 1 saturated heterocycles. The van der Waals surface area contributed by atoms with Crippen molar-refractivity contribution in [1.82, 2.24) is 5.32 Å². The summed E-state index contributed by atoms with van der Waals surface area (Å²) in [6.07, 6.45) is -1.37. The first kappa shape index (κ1) is 11.9. The Morgan fingerprint density at radius 3 is 2.65 bits per heavy atom. The van der Waals surface area contributed by atoms with Crippen LogP contribution in [0.3, 0.4) is 0 Å². The lowest BCUT2D eigenvalue weighted by Crippen LogP contribution is -2.38. The molecule has 0 radical (unpaired) electrons. The Hall–Kier alpha value is -1.56. The first-order valence-electron chi connectivity index (χ1n) is 5.00. The molecule has 0 spiro atoms. The lowest BCUT2D eigenvalue weighted by atomic mass is 10.0. The number of carbonyl (C=O) groups is 2. The first-order valence-corrected chi connectivity index (χ1v) is 5.80. The van der Waals surface area contributed by atoms with Crippen molar-refractivity contribution in [2.24, 2.45) is 0 Å². The molecule has 1 fully saturated rings. The molecule has 1 heterocycles. The van der Waals surface area contributed by atoms with Gasteiger partial charge < -0.3 is 15.2 Å². The molecule has 2 N–H and O–H groups in total. The van der Waals surface area contributed by atoms with Gasteiger partial charge in [0.05, 0.1) is 6.04 Å². The highest BCUT2D eigenvalue weighted by atomic mass is 79.9. The van der Waals surface area contributed by atoms with E-state index in [9.17, 15) is 9.59 Å². The summed E-state index contributed by atoms with van der Waals surface area (Å²) in [7, 11) is 0. The third-order valence-corrected chi connectivity index (χ3v) is 3.04. The van der Waals surface area contributed by atoms with Gasteiger partial charge in [-0.3, -0.25) is 0 Å². The third-order valence-electron chi connectivity index (χ3n) is 2.51. The summed E-state index contributed by atoms with van der Waals surface area (Å²) >= 11 is 3.31. The van der Waals surface area contributed by atoms with Gasteiger partial charge in [0.15, 0.2) is 0 Å². The minimum Gasteiger partial charge on any atom is -0.478 e. The molecular formula is C11H10BrNO4. The molecule has 2 rings (SSSR count). The first-order chi connectivity index (χ1) is 8.06. The van der Waals surface area contributed by atoms with Crippen LogP contribution in [-0.4, -0.2) is 29.3 Å². The summed E-state index contributed by atoms with van der Waals surface area (Å²) in [5.41, 5.74) is 0.940. The number of alkyl carbamates (subject to hydrolysis) is 1. The number of nitrogens with one attached hydrogen (secondary N) is 1. The van der Waals surface area contributed by atoms with Gasteiger partial charge in [0, 0.05) is 4.47 Å². The van der Waals surface area contributed by atoms with Gasteiger partial charge in [0.2, 0.25) is 6.10 Å². The van der Waals surface area contributed by atoms with Gasteiger partial charge in [-0.25, -0.2) is 9.59 Å². The molecule has 1 amide bonds. The zero-order valence-electron chi connectivity index (χ0n) is 8.72. The van der Waals surface area contributed by atoms with E-state index < -0.39 is 24.2 Å². The number of carbonyl (C=O) groups excluding carboxylic acids is 1. The lowest BCUT2D eigenvalue weighted by Gasteiger charge is -2.12. The summed E-state index contributed by atoms with van der Waals surface area (Å²) in [6, 6.07) is 6.94. The Labute approximate surface area is 106 Å². The Morgan fingerprint density at radius 2 is 2.06 bits per heavy atom. The van der Waals surface area contributed by atoms with Crippen LogP contribution in [0.2, 0.25) is 0 Å². The van der Waals surface area contributed by atoms with Crippen LogP contribution in [0.15, 0.2) is 28.7 Å². The predicted octanol–water partition coefficient (Wildman–Crippen LogP) is 1.55. The molecular weight excluding hydrogens is 290 g/mol. The smallest absolute Gasteiger partial charge is 0.408 e. The number of rotatable bonds is 3. The van der Waals surface area contributed by atoms with E-state index in [1.165, 1.54) is 0 Å². The minimum atomic E-state index is -1.13. The van der Waals surface area contributed by atoms with Crippen LogP contribution in [-0.2, 0) is 16.0 Å². The standard InChI is InChI=1S/C11H10BrNO4/c12-7-3-1-6(2-4-7)5-8-9(10(14)15)17-11(16)13-8/h1-4,8-9H,5H2,(H,13,16)(H,14,15)/t8-,9+/m1/s1. The maximum Gasteiger partial charge on any atom is 0.408 e. The van der Waals surface area contributed by atoms with Crippen LogP contribution in [0.25, 0.3) is 0 Å². The second kappa shape index (κ2) is 4.75. The monoisotopic (exact) mass is 299 g/mol. The normalized spacial score (nSPS) is 23.0. The number of halogens is 1. The molecule has 1 aliphatic rings. The molecule has 2 atom stereocenters. The van der Waals surface area contributed by atoms with Crippen molar-refractivity contribution < 1.29 is 19.4 Å². The molecule has 0 aromatic heterocycles. The molecule has 5 nitrogen and oxygen atoms in total. The third kappa shape index (κ3) is 2.76. The second-order valence-corrected chi connectivity index (χ2v) is 4.66. The number of benzene rings is 1. The molecule has 1 aliphatic heterocycles. The SMILES string of the molecule is O=C1N[C@H](Cc2ccc(Br)cc2)[C@@H](C(=O)O)O1. The number of aliphatic carboxylic acids is 1. The lowest BCUT2D eigenvalue weighted by molar-refractivity contribution is -0.145. The van der Waals surface area contributed by atoms with Gasteiger partial charge in [-0.05, 0) is 24.1 Å². The number of hydrogen-bond acceptors (Lipinski definition) is 3. The summed E-state index contributed by atoms with van der Waals surface area (Å²) in [4.78, 5) is 21.9. The topological polar surface area (TPSA) is 75.6 Å². The molecule has 0 aliphatic carbocycles. The van der Waals surface area contributed by atoms with Crippen LogP contribution in [0.1, 0.15) is 5.56 Å². The molecule has 0 saturated carbocycles.